The van der Waals surface area contributed by atoms with Crippen LogP contribution in [-0.4, -0.2) is 43.5 Å². The van der Waals surface area contributed by atoms with Crippen LogP contribution in [0.3, 0.4) is 0 Å². The Balaban J connectivity index is 1.44. The van der Waals surface area contributed by atoms with Crippen molar-refractivity contribution in [3.8, 4) is 5.75 Å². The van der Waals surface area contributed by atoms with Crippen molar-refractivity contribution in [1.29, 1.82) is 0 Å². The summed E-state index contributed by atoms with van der Waals surface area (Å²) in [6, 6.07) is 15.4. The summed E-state index contributed by atoms with van der Waals surface area (Å²) in [6.07, 6.45) is 2.30. The van der Waals surface area contributed by atoms with E-state index in [9.17, 15) is 9.59 Å². The van der Waals surface area contributed by atoms with Crippen LogP contribution in [0.5, 0.6) is 5.75 Å². The number of nitrogens with one attached hydrogen (secondary N) is 2. The Morgan fingerprint density at radius 3 is 2.62 bits per heavy atom. The number of carbonyl (C=O) groups excluding carboxylic acids is 2. The summed E-state index contributed by atoms with van der Waals surface area (Å²) >= 11 is 0. The molecule has 0 spiro atoms. The number of benzene rings is 2. The van der Waals surface area contributed by atoms with Crippen LogP contribution in [-0.2, 0) is 16.0 Å². The van der Waals surface area contributed by atoms with E-state index in [1.807, 2.05) is 53.4 Å². The van der Waals surface area contributed by atoms with Gasteiger partial charge in [0.25, 0.3) is 0 Å². The molecule has 2 fully saturated rings. The van der Waals surface area contributed by atoms with Crippen molar-refractivity contribution in [2.24, 2.45) is 5.92 Å². The van der Waals surface area contributed by atoms with Gasteiger partial charge in [0.1, 0.15) is 5.75 Å². The lowest BCUT2D eigenvalue weighted by molar-refractivity contribution is -0.133. The van der Waals surface area contributed by atoms with Crippen LogP contribution >= 0.6 is 0 Å². The van der Waals surface area contributed by atoms with Gasteiger partial charge in [0.05, 0.1) is 19.6 Å². The molecule has 6 heteroatoms. The second kappa shape index (κ2) is 8.66. The third kappa shape index (κ3) is 4.59. The van der Waals surface area contributed by atoms with E-state index < -0.39 is 0 Å². The summed E-state index contributed by atoms with van der Waals surface area (Å²) in [5.74, 6) is 1.16. The molecular formula is C23H27N3O3. The smallest absolute Gasteiger partial charge is 0.227 e. The fraction of sp³-hybridized carbons (Fsp3) is 0.391. The highest BCUT2D eigenvalue weighted by molar-refractivity contribution is 5.94. The minimum atomic E-state index is -0.0514. The predicted molar refractivity (Wildman–Crippen MR) is 112 cm³/mol. The number of amides is 2. The number of piperazine rings is 1. The van der Waals surface area contributed by atoms with Crippen LogP contribution in [0.15, 0.2) is 48.5 Å². The maximum absolute atomic E-state index is 13.1. The largest absolute Gasteiger partial charge is 0.496 e. The Kier molecular flexibility index (Phi) is 5.81. The second-order valence-corrected chi connectivity index (χ2v) is 7.69. The molecule has 4 rings (SSSR count). The van der Waals surface area contributed by atoms with Gasteiger partial charge in [-0.05, 0) is 36.6 Å². The summed E-state index contributed by atoms with van der Waals surface area (Å²) in [6.45, 7) is 2.15. The Labute approximate surface area is 171 Å². The minimum Gasteiger partial charge on any atom is -0.496 e. The van der Waals surface area contributed by atoms with Crippen LogP contribution in [0.1, 0.15) is 30.0 Å². The first-order valence-electron chi connectivity index (χ1n) is 10.2. The van der Waals surface area contributed by atoms with Crippen molar-refractivity contribution < 1.29 is 14.3 Å². The summed E-state index contributed by atoms with van der Waals surface area (Å²) in [5, 5.41) is 6.32. The molecule has 6 nitrogen and oxygen atoms in total. The van der Waals surface area contributed by atoms with Gasteiger partial charge in [-0.3, -0.25) is 9.59 Å². The summed E-state index contributed by atoms with van der Waals surface area (Å²) in [5.41, 5.74) is 2.75. The number of methoxy groups -OCH3 is 1. The van der Waals surface area contributed by atoms with Gasteiger partial charge in [-0.15, -0.1) is 0 Å². The van der Waals surface area contributed by atoms with Gasteiger partial charge in [0.2, 0.25) is 11.8 Å². The van der Waals surface area contributed by atoms with Gasteiger partial charge in [-0.1, -0.05) is 30.3 Å². The van der Waals surface area contributed by atoms with E-state index in [-0.39, 0.29) is 23.8 Å². The molecular weight excluding hydrogens is 366 g/mol. The lowest BCUT2D eigenvalue weighted by Gasteiger charge is -2.37. The zero-order chi connectivity index (χ0) is 20.2. The van der Waals surface area contributed by atoms with E-state index >= 15 is 0 Å². The monoisotopic (exact) mass is 393 g/mol. The van der Waals surface area contributed by atoms with Crippen molar-refractivity contribution in [1.82, 2.24) is 10.2 Å². The maximum Gasteiger partial charge on any atom is 0.227 e. The number of anilines is 1. The quantitative estimate of drug-likeness (QED) is 0.792. The summed E-state index contributed by atoms with van der Waals surface area (Å²) in [4.78, 5) is 26.9. The van der Waals surface area contributed by atoms with E-state index in [1.165, 1.54) is 0 Å². The molecule has 2 N–H and O–H groups in total. The maximum atomic E-state index is 13.1. The number of carbonyl (C=O) groups is 2. The standard InChI is InChI=1S/C23H27N3O3/c1-29-21-5-3-2-4-19(21)20-15-24-12-13-26(20)22(27)14-16-6-10-18(11-7-16)25-23(28)17-8-9-17/h2-7,10-11,17,20,24H,8-9,12-15H2,1H3,(H,25,28). The van der Waals surface area contributed by atoms with E-state index in [0.717, 1.165) is 42.0 Å². The van der Waals surface area contributed by atoms with Crippen LogP contribution in [0.4, 0.5) is 5.69 Å². The molecule has 0 bridgehead atoms. The Bertz CT molecular complexity index is 877. The fourth-order valence-corrected chi connectivity index (χ4v) is 3.79. The minimum absolute atomic E-state index is 0.0514. The number of para-hydroxylation sites is 1. The molecule has 1 saturated carbocycles. The molecule has 152 valence electrons. The molecule has 0 aromatic heterocycles. The molecule has 1 aliphatic heterocycles. The molecule has 2 aliphatic rings. The van der Waals surface area contributed by atoms with Crippen molar-refractivity contribution in [2.45, 2.75) is 25.3 Å². The summed E-state index contributed by atoms with van der Waals surface area (Å²) < 4.78 is 5.51. The molecule has 1 heterocycles. The van der Waals surface area contributed by atoms with Gasteiger partial charge < -0.3 is 20.3 Å². The van der Waals surface area contributed by atoms with Crippen molar-refractivity contribution in [3.63, 3.8) is 0 Å². The highest BCUT2D eigenvalue weighted by atomic mass is 16.5. The Morgan fingerprint density at radius 2 is 1.90 bits per heavy atom. The normalized spacial score (nSPS) is 18.9. The third-order valence-electron chi connectivity index (χ3n) is 5.59. The Morgan fingerprint density at radius 1 is 1.14 bits per heavy atom. The highest BCUT2D eigenvalue weighted by Crippen LogP contribution is 2.31. The van der Waals surface area contributed by atoms with Gasteiger partial charge in [-0.25, -0.2) is 0 Å². The molecule has 1 unspecified atom stereocenters. The van der Waals surface area contributed by atoms with E-state index in [4.69, 9.17) is 4.74 Å². The van der Waals surface area contributed by atoms with Gasteiger partial charge in [0, 0.05) is 36.8 Å². The molecule has 1 atom stereocenters. The SMILES string of the molecule is COc1ccccc1C1CNCCN1C(=O)Cc1ccc(NC(=O)C2CC2)cc1. The van der Waals surface area contributed by atoms with E-state index in [1.54, 1.807) is 7.11 Å². The van der Waals surface area contributed by atoms with Gasteiger partial charge in [0.15, 0.2) is 0 Å². The fourth-order valence-electron chi connectivity index (χ4n) is 3.79. The number of rotatable bonds is 6. The third-order valence-corrected chi connectivity index (χ3v) is 5.59. The molecule has 2 amide bonds. The lowest BCUT2D eigenvalue weighted by Crippen LogP contribution is -2.49. The first kappa shape index (κ1) is 19.5. The number of hydrogen-bond acceptors (Lipinski definition) is 4. The van der Waals surface area contributed by atoms with Crippen LogP contribution in [0, 0.1) is 5.92 Å². The Hall–Kier alpha value is -2.86. The molecule has 29 heavy (non-hydrogen) atoms. The van der Waals surface area contributed by atoms with Crippen molar-refractivity contribution in [3.05, 3.63) is 59.7 Å². The molecule has 1 aliphatic carbocycles. The average Bonchev–Trinajstić information content (AvgIpc) is 3.60. The lowest BCUT2D eigenvalue weighted by atomic mass is 10.0. The van der Waals surface area contributed by atoms with Crippen LogP contribution in [0.2, 0.25) is 0 Å². The molecule has 2 aromatic carbocycles. The predicted octanol–water partition coefficient (Wildman–Crippen LogP) is 2.76. The number of hydrogen-bond donors (Lipinski definition) is 2. The number of ether oxygens (including phenoxy) is 1. The molecule has 2 aromatic rings. The van der Waals surface area contributed by atoms with Crippen molar-refractivity contribution in [2.75, 3.05) is 32.1 Å². The van der Waals surface area contributed by atoms with E-state index in [2.05, 4.69) is 10.6 Å². The zero-order valence-electron chi connectivity index (χ0n) is 16.7. The van der Waals surface area contributed by atoms with E-state index in [0.29, 0.717) is 19.5 Å². The zero-order valence-corrected chi connectivity index (χ0v) is 16.7. The number of nitrogens with zero attached hydrogens (tertiary/aromatic N) is 1. The average molecular weight is 393 g/mol. The first-order chi connectivity index (χ1) is 14.2. The van der Waals surface area contributed by atoms with Gasteiger partial charge in [-0.2, -0.15) is 0 Å². The molecule has 0 radical (unpaired) electrons. The topological polar surface area (TPSA) is 70.7 Å². The second-order valence-electron chi connectivity index (χ2n) is 7.69. The van der Waals surface area contributed by atoms with Crippen molar-refractivity contribution >= 4 is 17.5 Å². The molecule has 1 saturated heterocycles. The summed E-state index contributed by atoms with van der Waals surface area (Å²) in [7, 11) is 1.66. The van der Waals surface area contributed by atoms with Crippen LogP contribution in [0.25, 0.3) is 0 Å². The van der Waals surface area contributed by atoms with Crippen LogP contribution < -0.4 is 15.4 Å². The van der Waals surface area contributed by atoms with Gasteiger partial charge >= 0.3 is 0 Å². The first-order valence-corrected chi connectivity index (χ1v) is 10.2. The highest BCUT2D eigenvalue weighted by Gasteiger charge is 2.30.